The van der Waals surface area contributed by atoms with Gasteiger partial charge < -0.3 is 0 Å². The summed E-state index contributed by atoms with van der Waals surface area (Å²) in [5.74, 6) is 0. The van der Waals surface area contributed by atoms with Crippen LogP contribution in [0.25, 0.3) is 0 Å². The molecule has 0 fully saturated rings. The molecule has 1 unspecified atom stereocenters. The molecular formula is C45H92O4S. The van der Waals surface area contributed by atoms with Gasteiger partial charge in [0.15, 0.2) is 0 Å². The van der Waals surface area contributed by atoms with E-state index in [9.17, 15) is 13.0 Å². The summed E-state index contributed by atoms with van der Waals surface area (Å²) in [4.78, 5) is 0. The molecule has 0 aliphatic rings. The van der Waals surface area contributed by atoms with E-state index < -0.39 is 16.0 Å². The monoisotopic (exact) mass is 729 g/mol. The molecule has 50 heavy (non-hydrogen) atoms. The van der Waals surface area contributed by atoms with Crippen molar-refractivity contribution in [2.24, 2.45) is 0 Å². The largest absolute Gasteiger partial charge is 0.397 e. The van der Waals surface area contributed by atoms with Gasteiger partial charge in [0.1, 0.15) is 0 Å². The lowest BCUT2D eigenvalue weighted by atomic mass is 9.91. The van der Waals surface area contributed by atoms with Crippen molar-refractivity contribution in [1.82, 2.24) is 0 Å². The molecule has 0 aromatic rings. The van der Waals surface area contributed by atoms with Crippen molar-refractivity contribution in [3.63, 3.8) is 0 Å². The lowest BCUT2D eigenvalue weighted by molar-refractivity contribution is 0.0576. The summed E-state index contributed by atoms with van der Waals surface area (Å²) >= 11 is 0. The third-order valence-electron chi connectivity index (χ3n) is 11.2. The second kappa shape index (κ2) is 38.6. The Hall–Kier alpha value is -0.130. The fourth-order valence-corrected chi connectivity index (χ4v) is 8.47. The van der Waals surface area contributed by atoms with E-state index in [-0.39, 0.29) is 0 Å². The topological polar surface area (TPSA) is 63.6 Å². The molecule has 0 radical (unpaired) electrons. The van der Waals surface area contributed by atoms with Gasteiger partial charge >= 0.3 is 10.4 Å². The van der Waals surface area contributed by atoms with Crippen LogP contribution < -0.4 is 0 Å². The Morgan fingerprint density at radius 3 is 0.680 bits per heavy atom. The van der Waals surface area contributed by atoms with E-state index in [2.05, 4.69) is 13.8 Å². The van der Waals surface area contributed by atoms with E-state index >= 15 is 0 Å². The highest BCUT2D eigenvalue weighted by Gasteiger charge is 2.29. The van der Waals surface area contributed by atoms with Crippen molar-refractivity contribution < 1.29 is 17.2 Å². The molecule has 0 aliphatic heterocycles. The second-order valence-corrected chi connectivity index (χ2v) is 17.6. The van der Waals surface area contributed by atoms with Gasteiger partial charge in [-0.05, 0) is 19.8 Å². The minimum Gasteiger partial charge on any atom is -0.264 e. The predicted octanol–water partition coefficient (Wildman–Crippen LogP) is 16.6. The van der Waals surface area contributed by atoms with Crippen LogP contribution in [0.5, 0.6) is 0 Å². The molecule has 0 rings (SSSR count). The Morgan fingerprint density at radius 1 is 0.340 bits per heavy atom. The molecule has 5 heteroatoms. The Balaban J connectivity index is 3.30. The molecule has 0 aliphatic carbocycles. The normalized spacial score (nSPS) is 13.3. The van der Waals surface area contributed by atoms with Crippen molar-refractivity contribution in [2.45, 2.75) is 290 Å². The fraction of sp³-hybridized carbons (Fsp3) is 1.00. The first-order valence-electron chi connectivity index (χ1n) is 23.0. The second-order valence-electron chi connectivity index (χ2n) is 16.5. The summed E-state index contributed by atoms with van der Waals surface area (Å²) in [5, 5.41) is 0. The first-order chi connectivity index (χ1) is 24.3. The van der Waals surface area contributed by atoms with Gasteiger partial charge in [-0.25, -0.2) is 4.18 Å². The third-order valence-corrected chi connectivity index (χ3v) is 11.8. The summed E-state index contributed by atoms with van der Waals surface area (Å²) < 4.78 is 37.0. The maximum atomic E-state index is 11.4. The van der Waals surface area contributed by atoms with Crippen molar-refractivity contribution in [3.05, 3.63) is 0 Å². The zero-order chi connectivity index (χ0) is 36.7. The minimum absolute atomic E-state index is 0.687. The van der Waals surface area contributed by atoms with E-state index in [0.29, 0.717) is 12.8 Å². The molecule has 0 aromatic heterocycles. The maximum absolute atomic E-state index is 11.4. The molecular weight excluding hydrogens is 637 g/mol. The van der Waals surface area contributed by atoms with Crippen molar-refractivity contribution >= 4 is 10.4 Å². The molecule has 0 saturated carbocycles. The Kier molecular flexibility index (Phi) is 38.5. The standard InChI is InChI=1S/C45H92O4S/c1-4-6-8-10-11-12-13-14-15-16-17-18-19-20-21-22-23-24-25-26-27-28-29-30-31-32-33-34-35-36-37-38-39-40-42-44-45(3,49-50(46,47)48)43-41-9-7-5-2/h4-44H2,1-3H3,(H,46,47,48). The molecule has 0 amide bonds. The molecule has 0 aromatic carbocycles. The number of rotatable bonds is 43. The zero-order valence-corrected chi connectivity index (χ0v) is 35.4. The fourth-order valence-electron chi connectivity index (χ4n) is 7.79. The molecule has 302 valence electrons. The zero-order valence-electron chi connectivity index (χ0n) is 34.6. The maximum Gasteiger partial charge on any atom is 0.397 e. The lowest BCUT2D eigenvalue weighted by Crippen LogP contribution is -2.31. The van der Waals surface area contributed by atoms with Crippen LogP contribution in [-0.4, -0.2) is 18.6 Å². The summed E-state index contributed by atoms with van der Waals surface area (Å²) in [6.45, 7) is 6.31. The van der Waals surface area contributed by atoms with Crippen molar-refractivity contribution in [1.29, 1.82) is 0 Å². The van der Waals surface area contributed by atoms with Gasteiger partial charge in [-0.1, -0.05) is 264 Å². The van der Waals surface area contributed by atoms with Crippen LogP contribution in [0.4, 0.5) is 0 Å². The van der Waals surface area contributed by atoms with Crippen molar-refractivity contribution in [2.75, 3.05) is 0 Å². The average molecular weight is 729 g/mol. The van der Waals surface area contributed by atoms with Gasteiger partial charge in [0.2, 0.25) is 0 Å². The predicted molar refractivity (Wildman–Crippen MR) is 222 cm³/mol. The Morgan fingerprint density at radius 2 is 0.500 bits per heavy atom. The van der Waals surface area contributed by atoms with E-state index in [4.69, 9.17) is 4.18 Å². The number of hydrogen-bond acceptors (Lipinski definition) is 3. The Labute approximate surface area is 316 Å². The van der Waals surface area contributed by atoms with Crippen LogP contribution in [-0.2, 0) is 14.6 Å². The molecule has 0 spiro atoms. The highest BCUT2D eigenvalue weighted by molar-refractivity contribution is 7.80. The van der Waals surface area contributed by atoms with Crippen LogP contribution in [0.15, 0.2) is 0 Å². The minimum atomic E-state index is -4.41. The smallest absolute Gasteiger partial charge is 0.264 e. The molecule has 1 N–H and O–H groups in total. The van der Waals surface area contributed by atoms with Crippen LogP contribution in [0.3, 0.4) is 0 Å². The summed E-state index contributed by atoms with van der Waals surface area (Å²) in [6, 6.07) is 0. The highest BCUT2D eigenvalue weighted by atomic mass is 32.3. The summed E-state index contributed by atoms with van der Waals surface area (Å²) in [7, 11) is -4.41. The van der Waals surface area contributed by atoms with Crippen LogP contribution in [0, 0.1) is 0 Å². The van der Waals surface area contributed by atoms with Gasteiger partial charge in [0.05, 0.1) is 5.60 Å². The van der Waals surface area contributed by atoms with Gasteiger partial charge in [0, 0.05) is 0 Å². The third kappa shape index (κ3) is 40.6. The Bertz CT molecular complexity index is 754. The highest BCUT2D eigenvalue weighted by Crippen LogP contribution is 2.28. The molecule has 1 atom stereocenters. The van der Waals surface area contributed by atoms with E-state index in [1.54, 1.807) is 0 Å². The average Bonchev–Trinajstić information content (AvgIpc) is 3.07. The SMILES string of the molecule is CCCCCCCCCCCCCCCCCCCCCCCCCCCCCCCCCCCCCC(C)(CCCCCC)OS(=O)(=O)O. The van der Waals surface area contributed by atoms with Gasteiger partial charge in [-0.3, -0.25) is 4.55 Å². The van der Waals surface area contributed by atoms with E-state index in [1.165, 1.54) is 212 Å². The van der Waals surface area contributed by atoms with Crippen LogP contribution >= 0.6 is 0 Å². The first kappa shape index (κ1) is 49.9. The molecule has 0 saturated heterocycles. The van der Waals surface area contributed by atoms with E-state index in [1.807, 2.05) is 6.92 Å². The lowest BCUT2D eigenvalue weighted by Gasteiger charge is -2.27. The van der Waals surface area contributed by atoms with Crippen LogP contribution in [0.1, 0.15) is 284 Å². The first-order valence-corrected chi connectivity index (χ1v) is 24.4. The molecule has 4 nitrogen and oxygen atoms in total. The van der Waals surface area contributed by atoms with Gasteiger partial charge in [-0.2, -0.15) is 8.42 Å². The summed E-state index contributed by atoms with van der Waals surface area (Å²) in [6.07, 6.45) is 55.0. The number of hydrogen-bond donors (Lipinski definition) is 1. The van der Waals surface area contributed by atoms with Crippen molar-refractivity contribution in [3.8, 4) is 0 Å². The van der Waals surface area contributed by atoms with Crippen LogP contribution in [0.2, 0.25) is 0 Å². The van der Waals surface area contributed by atoms with Gasteiger partial charge in [0.25, 0.3) is 0 Å². The van der Waals surface area contributed by atoms with E-state index in [0.717, 1.165) is 38.5 Å². The molecule has 0 heterocycles. The number of unbranched alkanes of at least 4 members (excludes halogenated alkanes) is 37. The molecule has 0 bridgehead atoms. The quantitative estimate of drug-likeness (QED) is 0.0501. The van der Waals surface area contributed by atoms with Gasteiger partial charge in [-0.15, -0.1) is 0 Å². The summed E-state index contributed by atoms with van der Waals surface area (Å²) in [5.41, 5.74) is -0.772.